The molecule has 2 aliphatic rings. The fourth-order valence-electron chi connectivity index (χ4n) is 3.68. The molecule has 2 heterocycles. The maximum atomic E-state index is 12.5. The summed E-state index contributed by atoms with van der Waals surface area (Å²) in [6.07, 6.45) is 7.67. The maximum absolute atomic E-state index is 12.5. The smallest absolute Gasteiger partial charge is 0.251 e. The molecule has 138 valence electrons. The van der Waals surface area contributed by atoms with Crippen molar-refractivity contribution in [3.8, 4) is 0 Å². The quantitative estimate of drug-likeness (QED) is 0.812. The number of rotatable bonds is 4. The number of likely N-dealkylation sites (N-methyl/N-ethyl adjacent to an activating group) is 1. The van der Waals surface area contributed by atoms with Crippen molar-refractivity contribution < 1.29 is 9.90 Å². The normalized spacial score (nSPS) is 21.6. The fraction of sp³-hybridized carbons (Fsp3) is 0.684. The molecule has 1 aromatic heterocycles. The Morgan fingerprint density at radius 3 is 2.56 bits per heavy atom. The third-order valence-electron chi connectivity index (χ3n) is 5.45. The number of anilines is 1. The molecule has 1 aliphatic carbocycles. The van der Waals surface area contributed by atoms with Crippen molar-refractivity contribution in [1.29, 1.82) is 0 Å². The Bertz CT molecular complexity index is 577. The topological polar surface area (TPSA) is 68.7 Å². The zero-order chi connectivity index (χ0) is 17.7. The average Bonchev–Trinajstić information content (AvgIpc) is 2.85. The van der Waals surface area contributed by atoms with Gasteiger partial charge in [-0.15, -0.1) is 0 Å². The van der Waals surface area contributed by atoms with Gasteiger partial charge in [-0.25, -0.2) is 4.98 Å². The van der Waals surface area contributed by atoms with E-state index in [4.69, 9.17) is 0 Å². The Morgan fingerprint density at radius 2 is 1.88 bits per heavy atom. The van der Waals surface area contributed by atoms with Gasteiger partial charge < -0.3 is 20.2 Å². The summed E-state index contributed by atoms with van der Waals surface area (Å²) in [5.41, 5.74) is -0.138. The summed E-state index contributed by atoms with van der Waals surface area (Å²) in [5.74, 6) is 0.726. The van der Waals surface area contributed by atoms with Gasteiger partial charge in [-0.05, 0) is 32.0 Å². The Kier molecular flexibility index (Phi) is 5.91. The van der Waals surface area contributed by atoms with Crippen molar-refractivity contribution >= 4 is 11.7 Å². The van der Waals surface area contributed by atoms with Crippen LogP contribution in [0.25, 0.3) is 0 Å². The van der Waals surface area contributed by atoms with Crippen LogP contribution < -0.4 is 10.2 Å². The van der Waals surface area contributed by atoms with Crippen molar-refractivity contribution in [2.45, 2.75) is 44.1 Å². The summed E-state index contributed by atoms with van der Waals surface area (Å²) >= 11 is 0. The predicted octanol–water partition coefficient (Wildman–Crippen LogP) is 1.65. The molecule has 1 aliphatic heterocycles. The first kappa shape index (κ1) is 18.1. The van der Waals surface area contributed by atoms with E-state index in [0.717, 1.165) is 57.7 Å². The molecule has 6 nitrogen and oxygen atoms in total. The second kappa shape index (κ2) is 8.15. The van der Waals surface area contributed by atoms with Crippen LogP contribution in [-0.4, -0.2) is 66.3 Å². The Balaban J connectivity index is 1.59. The van der Waals surface area contributed by atoms with Crippen LogP contribution in [0.15, 0.2) is 18.3 Å². The van der Waals surface area contributed by atoms with Crippen LogP contribution in [0.5, 0.6) is 0 Å². The number of aliphatic hydroxyl groups is 1. The van der Waals surface area contributed by atoms with Crippen molar-refractivity contribution in [3.63, 3.8) is 0 Å². The van der Waals surface area contributed by atoms with Crippen LogP contribution in [0.2, 0.25) is 0 Å². The van der Waals surface area contributed by atoms with Crippen molar-refractivity contribution in [2.75, 3.05) is 44.7 Å². The summed E-state index contributed by atoms with van der Waals surface area (Å²) in [6.45, 7) is 4.19. The molecule has 1 saturated heterocycles. The van der Waals surface area contributed by atoms with Gasteiger partial charge in [0.15, 0.2) is 0 Å². The molecule has 3 rings (SSSR count). The van der Waals surface area contributed by atoms with Crippen LogP contribution in [0.3, 0.4) is 0 Å². The first-order valence-electron chi connectivity index (χ1n) is 9.46. The summed E-state index contributed by atoms with van der Waals surface area (Å²) in [6, 6.07) is 3.60. The van der Waals surface area contributed by atoms with Gasteiger partial charge in [-0.1, -0.05) is 25.7 Å². The average molecular weight is 346 g/mol. The number of piperazine rings is 1. The van der Waals surface area contributed by atoms with Gasteiger partial charge in [0, 0.05) is 44.5 Å². The molecule has 1 aromatic rings. The summed E-state index contributed by atoms with van der Waals surface area (Å²) in [7, 11) is 2.12. The van der Waals surface area contributed by atoms with Crippen LogP contribution in [0, 0.1) is 0 Å². The third kappa shape index (κ3) is 4.92. The predicted molar refractivity (Wildman–Crippen MR) is 98.9 cm³/mol. The highest BCUT2D eigenvalue weighted by Gasteiger charge is 2.28. The van der Waals surface area contributed by atoms with E-state index in [1.165, 1.54) is 12.8 Å². The first-order valence-corrected chi connectivity index (χ1v) is 9.46. The van der Waals surface area contributed by atoms with Gasteiger partial charge in [-0.3, -0.25) is 4.79 Å². The van der Waals surface area contributed by atoms with Crippen molar-refractivity contribution in [3.05, 3.63) is 23.9 Å². The lowest BCUT2D eigenvalue weighted by molar-refractivity contribution is 0.0246. The molecular weight excluding hydrogens is 316 g/mol. The number of nitrogens with one attached hydrogen (secondary N) is 1. The van der Waals surface area contributed by atoms with Gasteiger partial charge >= 0.3 is 0 Å². The maximum Gasteiger partial charge on any atom is 0.251 e. The minimum Gasteiger partial charge on any atom is -0.388 e. The van der Waals surface area contributed by atoms with Crippen LogP contribution >= 0.6 is 0 Å². The molecule has 0 radical (unpaired) electrons. The van der Waals surface area contributed by atoms with E-state index in [1.807, 2.05) is 6.07 Å². The second-order valence-electron chi connectivity index (χ2n) is 7.51. The lowest BCUT2D eigenvalue weighted by Crippen LogP contribution is -2.45. The Labute approximate surface area is 150 Å². The number of carbonyl (C=O) groups is 1. The summed E-state index contributed by atoms with van der Waals surface area (Å²) in [4.78, 5) is 21.5. The standard InChI is InChI=1S/C19H30N4O2/c1-22-10-12-23(13-11-22)17-14-16(6-9-20-17)18(24)21-15-19(25)7-4-2-3-5-8-19/h6,9,14,25H,2-5,7-8,10-13,15H2,1H3,(H,21,24). The molecular formula is C19H30N4O2. The SMILES string of the molecule is CN1CCN(c2cc(C(=O)NCC3(O)CCCCCC3)ccn2)CC1. The minimum absolute atomic E-state index is 0.129. The number of hydrogen-bond acceptors (Lipinski definition) is 5. The van der Waals surface area contributed by atoms with Crippen LogP contribution in [0.4, 0.5) is 5.82 Å². The minimum atomic E-state index is -0.751. The molecule has 2 fully saturated rings. The fourth-order valence-corrected chi connectivity index (χ4v) is 3.68. The van der Waals surface area contributed by atoms with Gasteiger partial charge in [0.1, 0.15) is 5.82 Å². The van der Waals surface area contributed by atoms with E-state index in [2.05, 4.69) is 27.1 Å². The van der Waals surface area contributed by atoms with Gasteiger partial charge in [0.2, 0.25) is 0 Å². The van der Waals surface area contributed by atoms with Crippen LogP contribution in [-0.2, 0) is 0 Å². The molecule has 0 aromatic carbocycles. The highest BCUT2D eigenvalue weighted by Crippen LogP contribution is 2.26. The molecule has 25 heavy (non-hydrogen) atoms. The zero-order valence-electron chi connectivity index (χ0n) is 15.2. The molecule has 0 atom stereocenters. The van der Waals surface area contributed by atoms with Gasteiger partial charge in [-0.2, -0.15) is 0 Å². The lowest BCUT2D eigenvalue weighted by atomic mass is 9.94. The molecule has 2 N–H and O–H groups in total. The van der Waals surface area contributed by atoms with E-state index in [-0.39, 0.29) is 5.91 Å². The molecule has 6 heteroatoms. The largest absolute Gasteiger partial charge is 0.388 e. The molecule has 0 bridgehead atoms. The van der Waals surface area contributed by atoms with E-state index in [0.29, 0.717) is 12.1 Å². The van der Waals surface area contributed by atoms with E-state index >= 15 is 0 Å². The van der Waals surface area contributed by atoms with Crippen molar-refractivity contribution in [2.24, 2.45) is 0 Å². The van der Waals surface area contributed by atoms with E-state index in [9.17, 15) is 9.90 Å². The number of hydrogen-bond donors (Lipinski definition) is 2. The Morgan fingerprint density at radius 1 is 1.20 bits per heavy atom. The lowest BCUT2D eigenvalue weighted by Gasteiger charge is -2.33. The number of carbonyl (C=O) groups excluding carboxylic acids is 1. The number of aromatic nitrogens is 1. The Hall–Kier alpha value is -1.66. The number of amides is 1. The highest BCUT2D eigenvalue weighted by atomic mass is 16.3. The first-order chi connectivity index (χ1) is 12.1. The highest BCUT2D eigenvalue weighted by molar-refractivity contribution is 5.94. The molecule has 0 spiro atoms. The van der Waals surface area contributed by atoms with E-state index < -0.39 is 5.60 Å². The van der Waals surface area contributed by atoms with E-state index in [1.54, 1.807) is 12.3 Å². The van der Waals surface area contributed by atoms with Crippen molar-refractivity contribution in [1.82, 2.24) is 15.2 Å². The third-order valence-corrected chi connectivity index (χ3v) is 5.45. The number of pyridine rings is 1. The summed E-state index contributed by atoms with van der Waals surface area (Å²) < 4.78 is 0. The summed E-state index contributed by atoms with van der Waals surface area (Å²) in [5, 5.41) is 13.6. The van der Waals surface area contributed by atoms with Gasteiger partial charge in [0.05, 0.1) is 5.60 Å². The van der Waals surface area contributed by atoms with Gasteiger partial charge in [0.25, 0.3) is 5.91 Å². The second-order valence-corrected chi connectivity index (χ2v) is 7.51. The van der Waals surface area contributed by atoms with Crippen LogP contribution in [0.1, 0.15) is 48.9 Å². The zero-order valence-corrected chi connectivity index (χ0v) is 15.2. The molecule has 1 saturated carbocycles. The monoisotopic (exact) mass is 346 g/mol. The molecule has 1 amide bonds. The molecule has 0 unspecified atom stereocenters. The number of nitrogens with zero attached hydrogens (tertiary/aromatic N) is 3.